The van der Waals surface area contributed by atoms with Crippen molar-refractivity contribution in [3.63, 3.8) is 0 Å². The van der Waals surface area contributed by atoms with Gasteiger partial charge >= 0.3 is 6.01 Å². The fraction of sp³-hybridized carbons (Fsp3) is 0.100. The van der Waals surface area contributed by atoms with Gasteiger partial charge < -0.3 is 4.42 Å². The molecule has 0 atom stereocenters. The molecule has 1 N–H and O–H groups in total. The maximum absolute atomic E-state index is 11.0. The SMILES string of the molecule is O=C(CCl)Nc1nnc(-c2ccc(Cl)cc2)o1. The van der Waals surface area contributed by atoms with Crippen LogP contribution in [0.1, 0.15) is 0 Å². The summed E-state index contributed by atoms with van der Waals surface area (Å²) in [5, 5.41) is 10.4. The second-order valence-corrected chi connectivity index (χ2v) is 3.80. The van der Waals surface area contributed by atoms with E-state index in [2.05, 4.69) is 15.5 Å². The normalized spacial score (nSPS) is 10.2. The highest BCUT2D eigenvalue weighted by molar-refractivity contribution is 6.30. The van der Waals surface area contributed by atoms with Gasteiger partial charge in [-0.2, -0.15) is 0 Å². The molecule has 0 aliphatic rings. The highest BCUT2D eigenvalue weighted by Crippen LogP contribution is 2.21. The van der Waals surface area contributed by atoms with E-state index in [9.17, 15) is 4.79 Å². The minimum Gasteiger partial charge on any atom is -0.403 e. The first kappa shape index (κ1) is 11.9. The number of nitrogens with zero attached hydrogens (tertiary/aromatic N) is 2. The predicted octanol–water partition coefficient (Wildman–Crippen LogP) is 2.57. The molecule has 0 aliphatic carbocycles. The van der Waals surface area contributed by atoms with Crippen LogP contribution in [-0.2, 0) is 4.79 Å². The largest absolute Gasteiger partial charge is 0.403 e. The van der Waals surface area contributed by atoms with Gasteiger partial charge in [0.1, 0.15) is 5.88 Å². The molecule has 5 nitrogen and oxygen atoms in total. The van der Waals surface area contributed by atoms with Crippen LogP contribution in [0, 0.1) is 0 Å². The van der Waals surface area contributed by atoms with E-state index in [-0.39, 0.29) is 11.9 Å². The van der Waals surface area contributed by atoms with E-state index in [1.165, 1.54) is 0 Å². The van der Waals surface area contributed by atoms with Gasteiger partial charge in [-0.25, -0.2) is 0 Å². The third-order valence-corrected chi connectivity index (χ3v) is 2.38. The van der Waals surface area contributed by atoms with Crippen molar-refractivity contribution in [2.24, 2.45) is 0 Å². The molecule has 1 aromatic carbocycles. The molecule has 0 bridgehead atoms. The van der Waals surface area contributed by atoms with Crippen molar-refractivity contribution in [1.82, 2.24) is 10.2 Å². The summed E-state index contributed by atoms with van der Waals surface area (Å²) in [6, 6.07) is 6.91. The maximum atomic E-state index is 11.0. The smallest absolute Gasteiger partial charge is 0.322 e. The minimum atomic E-state index is -0.405. The molecule has 2 rings (SSSR count). The van der Waals surface area contributed by atoms with Gasteiger partial charge in [-0.05, 0) is 24.3 Å². The topological polar surface area (TPSA) is 68.0 Å². The van der Waals surface area contributed by atoms with E-state index < -0.39 is 5.91 Å². The summed E-state index contributed by atoms with van der Waals surface area (Å²) in [5.74, 6) is -0.275. The van der Waals surface area contributed by atoms with Crippen molar-refractivity contribution in [2.45, 2.75) is 0 Å². The van der Waals surface area contributed by atoms with Crippen molar-refractivity contribution in [1.29, 1.82) is 0 Å². The minimum absolute atomic E-state index is 0.0144. The molecule has 1 heterocycles. The number of amides is 1. The Labute approximate surface area is 107 Å². The highest BCUT2D eigenvalue weighted by atomic mass is 35.5. The van der Waals surface area contributed by atoms with Gasteiger partial charge in [0, 0.05) is 10.6 Å². The zero-order chi connectivity index (χ0) is 12.3. The van der Waals surface area contributed by atoms with Crippen LogP contribution < -0.4 is 5.32 Å². The van der Waals surface area contributed by atoms with E-state index >= 15 is 0 Å². The number of halogens is 2. The Balaban J connectivity index is 2.18. The lowest BCUT2D eigenvalue weighted by Gasteiger charge is -1.95. The summed E-state index contributed by atoms with van der Waals surface area (Å²) in [6.07, 6.45) is 0. The number of carbonyl (C=O) groups is 1. The lowest BCUT2D eigenvalue weighted by molar-refractivity contribution is -0.114. The summed E-state index contributed by atoms with van der Waals surface area (Å²) in [5.41, 5.74) is 0.716. The Kier molecular flexibility index (Phi) is 3.61. The molecule has 0 unspecified atom stereocenters. The monoisotopic (exact) mass is 271 g/mol. The van der Waals surface area contributed by atoms with Crippen LogP contribution >= 0.6 is 23.2 Å². The molecule has 1 amide bonds. The average Bonchev–Trinajstić information content (AvgIpc) is 2.78. The molecule has 0 spiro atoms. The van der Waals surface area contributed by atoms with Gasteiger partial charge in [-0.3, -0.25) is 10.1 Å². The fourth-order valence-electron chi connectivity index (χ4n) is 1.14. The van der Waals surface area contributed by atoms with E-state index in [0.717, 1.165) is 0 Å². The first-order chi connectivity index (χ1) is 8.19. The Morgan fingerprint density at radius 1 is 1.29 bits per heavy atom. The zero-order valence-electron chi connectivity index (χ0n) is 8.48. The molecule has 0 radical (unpaired) electrons. The molecule has 2 aromatic rings. The molecule has 7 heteroatoms. The van der Waals surface area contributed by atoms with Crippen LogP contribution in [0.3, 0.4) is 0 Å². The third-order valence-electron chi connectivity index (χ3n) is 1.88. The lowest BCUT2D eigenvalue weighted by atomic mass is 10.2. The lowest BCUT2D eigenvalue weighted by Crippen LogP contribution is -2.12. The summed E-state index contributed by atoms with van der Waals surface area (Å²) in [7, 11) is 0. The van der Waals surface area contributed by atoms with Crippen molar-refractivity contribution in [2.75, 3.05) is 11.2 Å². The second-order valence-electron chi connectivity index (χ2n) is 3.10. The van der Waals surface area contributed by atoms with Crippen LogP contribution in [0.4, 0.5) is 6.01 Å². The second kappa shape index (κ2) is 5.16. The quantitative estimate of drug-likeness (QED) is 0.872. The first-order valence-corrected chi connectivity index (χ1v) is 5.55. The summed E-state index contributed by atoms with van der Waals surface area (Å²) in [6.45, 7) is 0. The van der Waals surface area contributed by atoms with Gasteiger partial charge in [-0.1, -0.05) is 16.7 Å². The van der Waals surface area contributed by atoms with Crippen molar-refractivity contribution < 1.29 is 9.21 Å². The number of benzene rings is 1. The zero-order valence-corrected chi connectivity index (χ0v) is 10.00. The predicted molar refractivity (Wildman–Crippen MR) is 64.1 cm³/mol. The van der Waals surface area contributed by atoms with Crippen molar-refractivity contribution >= 4 is 35.1 Å². The van der Waals surface area contributed by atoms with E-state index in [4.69, 9.17) is 27.6 Å². The number of alkyl halides is 1. The summed E-state index contributed by atoms with van der Waals surface area (Å²) in [4.78, 5) is 11.0. The standard InChI is InChI=1S/C10H7Cl2N3O2/c11-5-8(16)13-10-15-14-9(17-10)6-1-3-7(12)4-2-6/h1-4H,5H2,(H,13,15,16). The Morgan fingerprint density at radius 3 is 2.65 bits per heavy atom. The number of anilines is 1. The first-order valence-electron chi connectivity index (χ1n) is 4.64. The maximum Gasteiger partial charge on any atom is 0.322 e. The highest BCUT2D eigenvalue weighted by Gasteiger charge is 2.10. The molecule has 0 aliphatic heterocycles. The number of hydrogen-bond acceptors (Lipinski definition) is 4. The van der Waals surface area contributed by atoms with Crippen LogP contribution in [-0.4, -0.2) is 22.0 Å². The Hall–Kier alpha value is -1.59. The van der Waals surface area contributed by atoms with Gasteiger partial charge in [-0.15, -0.1) is 16.7 Å². The summed E-state index contributed by atoms with van der Waals surface area (Å²) >= 11 is 11.1. The number of hydrogen-bond donors (Lipinski definition) is 1. The van der Waals surface area contributed by atoms with Crippen LogP contribution in [0.25, 0.3) is 11.5 Å². The molecule has 17 heavy (non-hydrogen) atoms. The average molecular weight is 272 g/mol. The molecule has 0 fully saturated rings. The number of nitrogens with one attached hydrogen (secondary N) is 1. The molecular formula is C10H7Cl2N3O2. The van der Waals surface area contributed by atoms with Gasteiger partial charge in [0.2, 0.25) is 11.8 Å². The fourth-order valence-corrected chi connectivity index (χ4v) is 1.33. The van der Waals surface area contributed by atoms with Crippen molar-refractivity contribution in [3.05, 3.63) is 29.3 Å². The molecule has 0 saturated heterocycles. The van der Waals surface area contributed by atoms with Crippen LogP contribution in [0.2, 0.25) is 5.02 Å². The molecule has 1 aromatic heterocycles. The van der Waals surface area contributed by atoms with E-state index in [0.29, 0.717) is 16.5 Å². The van der Waals surface area contributed by atoms with E-state index in [1.807, 2.05) is 0 Å². The molecule has 0 saturated carbocycles. The number of aromatic nitrogens is 2. The number of rotatable bonds is 3. The van der Waals surface area contributed by atoms with Crippen LogP contribution in [0.5, 0.6) is 0 Å². The Bertz CT molecular complexity index is 525. The van der Waals surface area contributed by atoms with Crippen molar-refractivity contribution in [3.8, 4) is 11.5 Å². The third kappa shape index (κ3) is 2.95. The summed E-state index contributed by atoms with van der Waals surface area (Å²) < 4.78 is 5.23. The molecule has 88 valence electrons. The molecular weight excluding hydrogens is 265 g/mol. The van der Waals surface area contributed by atoms with Crippen LogP contribution in [0.15, 0.2) is 28.7 Å². The number of carbonyl (C=O) groups excluding carboxylic acids is 1. The van der Waals surface area contributed by atoms with E-state index in [1.54, 1.807) is 24.3 Å². The van der Waals surface area contributed by atoms with Gasteiger partial charge in [0.15, 0.2) is 0 Å². The van der Waals surface area contributed by atoms with Gasteiger partial charge in [0.05, 0.1) is 0 Å². The van der Waals surface area contributed by atoms with Gasteiger partial charge in [0.25, 0.3) is 0 Å². The Morgan fingerprint density at radius 2 is 2.00 bits per heavy atom.